The first-order valence-corrected chi connectivity index (χ1v) is 19.4. The Morgan fingerprint density at radius 3 is 1.83 bits per heavy atom. The highest BCUT2D eigenvalue weighted by atomic mass is 32.2. The molecule has 0 aliphatic carbocycles. The molecule has 0 fully saturated rings. The Balaban J connectivity index is 2.72. The molecule has 1 aliphatic rings. The summed E-state index contributed by atoms with van der Waals surface area (Å²) in [6.45, 7) is 31.9. The van der Waals surface area contributed by atoms with Crippen molar-refractivity contribution in [3.8, 4) is 0 Å². The third kappa shape index (κ3) is 10.8. The van der Waals surface area contributed by atoms with Gasteiger partial charge in [0.1, 0.15) is 18.3 Å². The molecule has 0 aromatic carbocycles. The van der Waals surface area contributed by atoms with E-state index in [0.717, 1.165) is 0 Å². The number of rotatable bonds is 13. The number of nitrogens with zero attached hydrogens (tertiary/aromatic N) is 1. The van der Waals surface area contributed by atoms with Crippen molar-refractivity contribution in [2.75, 3.05) is 17.7 Å². The first-order chi connectivity index (χ1) is 23.6. The van der Waals surface area contributed by atoms with Crippen LogP contribution in [0.5, 0.6) is 0 Å². The molecule has 3 N–H and O–H groups in total. The van der Waals surface area contributed by atoms with Crippen LogP contribution >= 0.6 is 11.8 Å². The summed E-state index contributed by atoms with van der Waals surface area (Å²) in [6, 6.07) is 0. The number of H-pyrrole nitrogens is 1. The fourth-order valence-corrected chi connectivity index (χ4v) is 6.01. The summed E-state index contributed by atoms with van der Waals surface area (Å²) in [7, 11) is 0. The average Bonchev–Trinajstić information content (AvgIpc) is 3.53. The van der Waals surface area contributed by atoms with Gasteiger partial charge >= 0.3 is 5.97 Å². The number of ketones is 2. The first kappa shape index (κ1) is 44.7. The predicted molar refractivity (Wildman–Crippen MR) is 214 cm³/mol. The van der Waals surface area contributed by atoms with E-state index >= 15 is 0 Å². The molecule has 1 aromatic rings. The SMILES string of the molecule is CCC(C)(C)C(=O)OCCSC(C)C(=O)Nc1[nH]c(C=C2N=C(NC(=O)C(C)(C)C)C(C(=O)C(C)(C)C)=C2C(C)C)c(C(C)C)c1C(=O)C(C)(C)C. The lowest BCUT2D eigenvalue weighted by molar-refractivity contribution is -0.153. The maximum absolute atomic E-state index is 14.1. The minimum atomic E-state index is -0.766. The second kappa shape index (κ2) is 16.7. The van der Waals surface area contributed by atoms with Crippen molar-refractivity contribution in [1.82, 2.24) is 10.3 Å². The summed E-state index contributed by atoms with van der Waals surface area (Å²) in [5.41, 5.74) is 0.418. The Morgan fingerprint density at radius 2 is 1.37 bits per heavy atom. The lowest BCUT2D eigenvalue weighted by atomic mass is 9.81. The number of amidine groups is 1. The van der Waals surface area contributed by atoms with E-state index in [9.17, 15) is 24.0 Å². The van der Waals surface area contributed by atoms with Crippen LogP contribution in [0.2, 0.25) is 0 Å². The van der Waals surface area contributed by atoms with Crippen molar-refractivity contribution < 1.29 is 28.7 Å². The van der Waals surface area contributed by atoms with Gasteiger partial charge in [-0.3, -0.25) is 24.0 Å². The molecule has 52 heavy (non-hydrogen) atoms. The highest BCUT2D eigenvalue weighted by Crippen LogP contribution is 2.40. The molecule has 10 nitrogen and oxygen atoms in total. The summed E-state index contributed by atoms with van der Waals surface area (Å²) < 4.78 is 5.45. The highest BCUT2D eigenvalue weighted by molar-refractivity contribution is 8.00. The van der Waals surface area contributed by atoms with Crippen LogP contribution in [0.1, 0.15) is 152 Å². The topological polar surface area (TPSA) is 147 Å². The molecule has 0 saturated carbocycles. The van der Waals surface area contributed by atoms with Gasteiger partial charge in [-0.25, -0.2) is 4.99 Å². The van der Waals surface area contributed by atoms with Crippen LogP contribution in [-0.2, 0) is 23.9 Å². The van der Waals surface area contributed by atoms with E-state index in [-0.39, 0.29) is 59.4 Å². The second-order valence-corrected chi connectivity index (χ2v) is 19.5. The molecular formula is C41H64N4O6S. The van der Waals surface area contributed by atoms with Crippen LogP contribution in [0.25, 0.3) is 6.08 Å². The number of thioether (sulfide) groups is 1. The van der Waals surface area contributed by atoms with E-state index in [1.54, 1.807) is 27.7 Å². The third-order valence-electron chi connectivity index (χ3n) is 8.99. The van der Waals surface area contributed by atoms with Gasteiger partial charge in [-0.2, -0.15) is 0 Å². The number of hydrogen-bond donors (Lipinski definition) is 3. The summed E-state index contributed by atoms with van der Waals surface area (Å²) in [5.74, 6) is -0.493. The van der Waals surface area contributed by atoms with Crippen molar-refractivity contribution in [3.63, 3.8) is 0 Å². The number of esters is 1. The molecule has 2 rings (SSSR count). The number of ether oxygens (including phenoxy) is 1. The van der Waals surface area contributed by atoms with Crippen molar-refractivity contribution in [1.29, 1.82) is 0 Å². The van der Waals surface area contributed by atoms with E-state index in [1.165, 1.54) is 11.8 Å². The zero-order valence-corrected chi connectivity index (χ0v) is 35.6. The van der Waals surface area contributed by atoms with Gasteiger partial charge in [-0.05, 0) is 56.2 Å². The van der Waals surface area contributed by atoms with E-state index < -0.39 is 26.9 Å². The Hall–Kier alpha value is -3.47. The van der Waals surface area contributed by atoms with Gasteiger partial charge in [0, 0.05) is 27.7 Å². The average molecular weight is 741 g/mol. The van der Waals surface area contributed by atoms with Gasteiger partial charge in [0.05, 0.1) is 27.5 Å². The van der Waals surface area contributed by atoms with Crippen molar-refractivity contribution in [2.24, 2.45) is 32.6 Å². The molecule has 2 heterocycles. The standard InChI is InChI=1S/C41H64N4O6S/c1-18-41(16,17)37(50)51-19-20-52-24(6)35(48)44-33-29(31(46)38(7,8)9)27(22(2)3)25(42-33)21-26-28(23(4)5)30(32(47)39(10,11)12)34(43-26)45-36(49)40(13,14)15/h21-24,42H,18-20H2,1-17H3,(H,44,48)(H,43,45,49). The molecule has 11 heteroatoms. The lowest BCUT2D eigenvalue weighted by Crippen LogP contribution is -2.41. The quantitative estimate of drug-likeness (QED) is 0.104. The minimum absolute atomic E-state index is 0.141. The number of allylic oxidation sites excluding steroid dienone is 1. The van der Waals surface area contributed by atoms with Crippen molar-refractivity contribution in [3.05, 3.63) is 33.7 Å². The van der Waals surface area contributed by atoms with Gasteiger partial charge < -0.3 is 20.4 Å². The number of carbonyl (C=O) groups excluding carboxylic acids is 5. The van der Waals surface area contributed by atoms with Crippen molar-refractivity contribution >= 4 is 58.8 Å². The molecule has 1 aromatic heterocycles. The number of Topliss-reactive ketones (excluding diaryl/α,β-unsaturated/α-hetero) is 2. The molecule has 0 bridgehead atoms. The van der Waals surface area contributed by atoms with Gasteiger partial charge in [0.15, 0.2) is 11.6 Å². The van der Waals surface area contributed by atoms with Crippen molar-refractivity contribution in [2.45, 2.75) is 135 Å². The van der Waals surface area contributed by atoms with Crippen LogP contribution in [0.4, 0.5) is 5.82 Å². The smallest absolute Gasteiger partial charge is 0.311 e. The van der Waals surface area contributed by atoms with Gasteiger partial charge in [-0.1, -0.05) is 96.9 Å². The Morgan fingerprint density at radius 1 is 0.808 bits per heavy atom. The number of aromatic amines is 1. The molecule has 1 aliphatic heterocycles. The highest BCUT2D eigenvalue weighted by Gasteiger charge is 2.39. The fraction of sp³-hybridized carbons (Fsp3) is 0.659. The largest absolute Gasteiger partial charge is 0.464 e. The molecular weight excluding hydrogens is 677 g/mol. The molecule has 2 amide bonds. The number of nitrogens with one attached hydrogen (secondary N) is 3. The number of amides is 2. The molecule has 1 atom stereocenters. The fourth-order valence-electron chi connectivity index (χ4n) is 5.27. The summed E-state index contributed by atoms with van der Waals surface area (Å²) in [5, 5.41) is 5.40. The predicted octanol–water partition coefficient (Wildman–Crippen LogP) is 8.89. The molecule has 1 unspecified atom stereocenters. The second-order valence-electron chi connectivity index (χ2n) is 18.0. The first-order valence-electron chi connectivity index (χ1n) is 18.4. The number of anilines is 1. The number of aromatic nitrogens is 1. The Kier molecular flexibility index (Phi) is 14.3. The van der Waals surface area contributed by atoms with E-state index in [1.807, 2.05) is 96.1 Å². The summed E-state index contributed by atoms with van der Waals surface area (Å²) in [4.78, 5) is 75.5. The molecule has 0 spiro atoms. The van der Waals surface area contributed by atoms with E-state index in [2.05, 4.69) is 15.6 Å². The van der Waals surface area contributed by atoms with Crippen LogP contribution in [0.3, 0.4) is 0 Å². The zero-order valence-electron chi connectivity index (χ0n) is 34.7. The van der Waals surface area contributed by atoms with Gasteiger partial charge in [0.25, 0.3) is 0 Å². The van der Waals surface area contributed by atoms with Crippen LogP contribution in [0, 0.1) is 27.6 Å². The van der Waals surface area contributed by atoms with Gasteiger partial charge in [-0.15, -0.1) is 11.8 Å². The maximum Gasteiger partial charge on any atom is 0.311 e. The minimum Gasteiger partial charge on any atom is -0.464 e. The zero-order chi connectivity index (χ0) is 40.3. The van der Waals surface area contributed by atoms with E-state index in [4.69, 9.17) is 9.73 Å². The van der Waals surface area contributed by atoms with Crippen LogP contribution < -0.4 is 10.6 Å². The van der Waals surface area contributed by atoms with Crippen LogP contribution in [0.15, 0.2) is 21.8 Å². The number of hydrogen-bond acceptors (Lipinski definition) is 8. The number of aliphatic imine (C=N–C) groups is 1. The number of carbonyl (C=O) groups is 5. The maximum atomic E-state index is 14.1. The van der Waals surface area contributed by atoms with Gasteiger partial charge in [0.2, 0.25) is 11.8 Å². The summed E-state index contributed by atoms with van der Waals surface area (Å²) in [6.07, 6.45) is 2.48. The monoisotopic (exact) mass is 740 g/mol. The normalized spacial score (nSPS) is 15.7. The lowest BCUT2D eigenvalue weighted by Gasteiger charge is -2.23. The van der Waals surface area contributed by atoms with Crippen LogP contribution in [-0.4, -0.2) is 57.8 Å². The Bertz CT molecular complexity index is 1650. The Labute approximate surface area is 316 Å². The molecule has 290 valence electrons. The summed E-state index contributed by atoms with van der Waals surface area (Å²) >= 11 is 1.35. The van der Waals surface area contributed by atoms with E-state index in [0.29, 0.717) is 45.8 Å². The molecule has 0 radical (unpaired) electrons. The third-order valence-corrected chi connectivity index (χ3v) is 10.1. The molecule has 0 saturated heterocycles.